The van der Waals surface area contributed by atoms with Gasteiger partial charge < -0.3 is 14.5 Å². The third-order valence-corrected chi connectivity index (χ3v) is 5.91. The van der Waals surface area contributed by atoms with Crippen LogP contribution in [-0.2, 0) is 16.1 Å². The van der Waals surface area contributed by atoms with Crippen LogP contribution < -0.4 is 15.8 Å². The van der Waals surface area contributed by atoms with E-state index >= 15 is 0 Å². The molecule has 1 aliphatic heterocycles. The van der Waals surface area contributed by atoms with Crippen LogP contribution in [0.1, 0.15) is 49.1 Å². The SMILES string of the molecule is CC(=O)Nc1ccc(N2C(=O)c3ccc(C(=O)OCc4cc(=O)oc5cc(C)ccc45)cc3C2=O)cc1. The summed E-state index contributed by atoms with van der Waals surface area (Å²) in [6.07, 6.45) is 0. The zero-order valence-electron chi connectivity index (χ0n) is 19.9. The van der Waals surface area contributed by atoms with E-state index in [0.717, 1.165) is 10.5 Å². The number of esters is 1. The highest BCUT2D eigenvalue weighted by molar-refractivity contribution is 6.34. The minimum Gasteiger partial charge on any atom is -0.457 e. The van der Waals surface area contributed by atoms with Crippen LogP contribution in [0.25, 0.3) is 11.0 Å². The lowest BCUT2D eigenvalue weighted by atomic mass is 10.1. The minimum atomic E-state index is -0.713. The van der Waals surface area contributed by atoms with Crippen molar-refractivity contribution in [3.63, 3.8) is 0 Å². The lowest BCUT2D eigenvalue weighted by molar-refractivity contribution is -0.114. The molecule has 0 saturated carbocycles. The van der Waals surface area contributed by atoms with Crippen molar-refractivity contribution in [2.75, 3.05) is 10.2 Å². The number of amides is 3. The molecule has 0 fully saturated rings. The summed E-state index contributed by atoms with van der Waals surface area (Å²) >= 11 is 0. The Balaban J connectivity index is 1.36. The van der Waals surface area contributed by atoms with E-state index in [9.17, 15) is 24.0 Å². The van der Waals surface area contributed by atoms with E-state index < -0.39 is 23.4 Å². The number of nitrogens with one attached hydrogen (secondary N) is 1. The molecule has 37 heavy (non-hydrogen) atoms. The van der Waals surface area contributed by atoms with Gasteiger partial charge in [-0.2, -0.15) is 0 Å². The first-order valence-corrected chi connectivity index (χ1v) is 11.3. The maximum atomic E-state index is 13.1. The van der Waals surface area contributed by atoms with Crippen molar-refractivity contribution < 1.29 is 28.3 Å². The molecule has 2 heterocycles. The Kier molecular flexibility index (Phi) is 5.88. The summed E-state index contributed by atoms with van der Waals surface area (Å²) in [6.45, 7) is 3.06. The van der Waals surface area contributed by atoms with Gasteiger partial charge in [-0.05, 0) is 61.0 Å². The lowest BCUT2D eigenvalue weighted by Crippen LogP contribution is -2.29. The second-order valence-electron chi connectivity index (χ2n) is 8.60. The normalized spacial score (nSPS) is 12.5. The molecule has 5 rings (SSSR count). The fourth-order valence-electron chi connectivity index (χ4n) is 4.18. The van der Waals surface area contributed by atoms with Crippen LogP contribution in [0, 0.1) is 6.92 Å². The molecule has 4 aromatic rings. The van der Waals surface area contributed by atoms with E-state index in [1.54, 1.807) is 36.4 Å². The monoisotopic (exact) mass is 496 g/mol. The molecule has 0 unspecified atom stereocenters. The molecule has 0 aliphatic carbocycles. The summed E-state index contributed by atoms with van der Waals surface area (Å²) in [6, 6.07) is 17.0. The fraction of sp³-hybridized carbons (Fsp3) is 0.107. The van der Waals surface area contributed by atoms with Crippen molar-refractivity contribution in [2.45, 2.75) is 20.5 Å². The largest absolute Gasteiger partial charge is 0.457 e. The van der Waals surface area contributed by atoms with Crippen LogP contribution in [0.4, 0.5) is 11.4 Å². The highest BCUT2D eigenvalue weighted by Crippen LogP contribution is 2.30. The zero-order chi connectivity index (χ0) is 26.3. The van der Waals surface area contributed by atoms with Gasteiger partial charge in [0, 0.05) is 29.6 Å². The second-order valence-corrected chi connectivity index (χ2v) is 8.60. The summed E-state index contributed by atoms with van der Waals surface area (Å²) in [7, 11) is 0. The molecule has 1 aliphatic rings. The van der Waals surface area contributed by atoms with Gasteiger partial charge in [-0.3, -0.25) is 14.4 Å². The Morgan fingerprint density at radius 3 is 2.35 bits per heavy atom. The van der Waals surface area contributed by atoms with Gasteiger partial charge in [0.25, 0.3) is 11.8 Å². The first-order valence-electron chi connectivity index (χ1n) is 11.3. The average molecular weight is 496 g/mol. The summed E-state index contributed by atoms with van der Waals surface area (Å²) in [4.78, 5) is 63.0. The Bertz CT molecular complexity index is 1670. The molecule has 0 saturated heterocycles. The zero-order valence-corrected chi connectivity index (χ0v) is 19.9. The third kappa shape index (κ3) is 4.50. The van der Waals surface area contributed by atoms with Gasteiger partial charge in [-0.25, -0.2) is 14.5 Å². The number of nitrogens with zero attached hydrogens (tertiary/aromatic N) is 1. The molecule has 0 atom stereocenters. The molecule has 9 nitrogen and oxygen atoms in total. The van der Waals surface area contributed by atoms with Crippen LogP contribution in [0.5, 0.6) is 0 Å². The van der Waals surface area contributed by atoms with E-state index in [4.69, 9.17) is 9.15 Å². The van der Waals surface area contributed by atoms with E-state index in [1.165, 1.54) is 31.2 Å². The van der Waals surface area contributed by atoms with Crippen LogP contribution in [0.3, 0.4) is 0 Å². The molecule has 0 radical (unpaired) electrons. The van der Waals surface area contributed by atoms with Gasteiger partial charge in [-0.1, -0.05) is 12.1 Å². The molecular weight excluding hydrogens is 476 g/mol. The molecule has 3 amide bonds. The number of carbonyl (C=O) groups excluding carboxylic acids is 4. The first kappa shape index (κ1) is 23.7. The predicted octanol–water partition coefficient (Wildman–Crippen LogP) is 4.22. The Hall–Kier alpha value is -5.05. The number of rotatable bonds is 5. The van der Waals surface area contributed by atoms with Gasteiger partial charge in [0.15, 0.2) is 0 Å². The smallest absolute Gasteiger partial charge is 0.338 e. The van der Waals surface area contributed by atoms with E-state index in [1.807, 2.05) is 13.0 Å². The quantitative estimate of drug-likeness (QED) is 0.249. The number of fused-ring (bicyclic) bond motifs is 2. The number of anilines is 2. The summed E-state index contributed by atoms with van der Waals surface area (Å²) in [5.74, 6) is -2.06. The van der Waals surface area contributed by atoms with E-state index in [-0.39, 0.29) is 29.2 Å². The predicted molar refractivity (Wildman–Crippen MR) is 135 cm³/mol. The second kappa shape index (κ2) is 9.19. The van der Waals surface area contributed by atoms with Gasteiger partial charge in [0.05, 0.1) is 22.4 Å². The standard InChI is InChI=1S/C28H20N2O7/c1-15-3-9-21-18(13-25(32)37-24(21)11-15)14-36-28(35)17-4-10-22-23(12-17)27(34)30(26(22)33)20-7-5-19(6-8-20)29-16(2)31/h3-13H,14H2,1-2H3,(H,29,31). The van der Waals surface area contributed by atoms with Gasteiger partial charge in [0.2, 0.25) is 5.91 Å². The number of benzene rings is 3. The summed E-state index contributed by atoms with van der Waals surface area (Å²) < 4.78 is 10.6. The molecule has 1 aromatic heterocycles. The highest BCUT2D eigenvalue weighted by Gasteiger charge is 2.37. The fourth-order valence-corrected chi connectivity index (χ4v) is 4.18. The third-order valence-electron chi connectivity index (χ3n) is 5.91. The number of aryl methyl sites for hydroxylation is 1. The average Bonchev–Trinajstić information content (AvgIpc) is 3.11. The summed E-state index contributed by atoms with van der Waals surface area (Å²) in [5, 5.41) is 3.27. The Morgan fingerprint density at radius 1 is 0.892 bits per heavy atom. The van der Waals surface area contributed by atoms with Gasteiger partial charge >= 0.3 is 11.6 Å². The molecular formula is C28H20N2O7. The molecule has 3 aromatic carbocycles. The van der Waals surface area contributed by atoms with Crippen molar-refractivity contribution in [2.24, 2.45) is 0 Å². The lowest BCUT2D eigenvalue weighted by Gasteiger charge is -2.14. The topological polar surface area (TPSA) is 123 Å². The number of hydrogen-bond donors (Lipinski definition) is 1. The minimum absolute atomic E-state index is 0.0756. The molecule has 0 bridgehead atoms. The maximum Gasteiger partial charge on any atom is 0.338 e. The first-order chi connectivity index (χ1) is 17.7. The Morgan fingerprint density at radius 2 is 1.62 bits per heavy atom. The van der Waals surface area contributed by atoms with E-state index in [0.29, 0.717) is 27.9 Å². The molecule has 9 heteroatoms. The van der Waals surface area contributed by atoms with E-state index in [2.05, 4.69) is 5.32 Å². The Labute approximate surface area is 210 Å². The van der Waals surface area contributed by atoms with Crippen LogP contribution >= 0.6 is 0 Å². The van der Waals surface area contributed by atoms with Crippen molar-refractivity contribution in [1.82, 2.24) is 0 Å². The number of hydrogen-bond acceptors (Lipinski definition) is 7. The number of imide groups is 1. The molecule has 0 spiro atoms. The van der Waals surface area contributed by atoms with Crippen molar-refractivity contribution >= 4 is 46.0 Å². The van der Waals surface area contributed by atoms with Gasteiger partial charge in [-0.15, -0.1) is 0 Å². The maximum absolute atomic E-state index is 13.1. The molecule has 184 valence electrons. The van der Waals surface area contributed by atoms with Crippen molar-refractivity contribution in [1.29, 1.82) is 0 Å². The number of ether oxygens (including phenoxy) is 1. The highest BCUT2D eigenvalue weighted by atomic mass is 16.5. The van der Waals surface area contributed by atoms with Gasteiger partial charge in [0.1, 0.15) is 12.2 Å². The van der Waals surface area contributed by atoms with Crippen molar-refractivity contribution in [3.05, 3.63) is 105 Å². The van der Waals surface area contributed by atoms with Crippen molar-refractivity contribution in [3.8, 4) is 0 Å². The summed E-state index contributed by atoms with van der Waals surface area (Å²) in [5.41, 5.74) is 2.42. The van der Waals surface area contributed by atoms with Crippen LogP contribution in [-0.4, -0.2) is 23.7 Å². The van der Waals surface area contributed by atoms with Crippen LogP contribution in [0.15, 0.2) is 75.9 Å². The number of carbonyl (C=O) groups is 4. The van der Waals surface area contributed by atoms with Crippen LogP contribution in [0.2, 0.25) is 0 Å². The molecule has 1 N–H and O–H groups in total.